The second-order valence-corrected chi connectivity index (χ2v) is 7.03. The summed E-state index contributed by atoms with van der Waals surface area (Å²) in [4.78, 5) is 37.7. The second-order valence-electron chi connectivity index (χ2n) is 6.25. The van der Waals surface area contributed by atoms with Crippen molar-refractivity contribution in [2.45, 2.75) is 20.0 Å². The van der Waals surface area contributed by atoms with Gasteiger partial charge in [0.2, 0.25) is 5.43 Å². The maximum atomic E-state index is 12.8. The number of aromatic nitrogens is 1. The molecule has 2 aromatic heterocycles. The highest BCUT2D eigenvalue weighted by molar-refractivity contribution is 7.07. The number of nitrogens with one attached hydrogen (secondary N) is 2. The summed E-state index contributed by atoms with van der Waals surface area (Å²) in [5, 5.41) is 9.24. The Balaban J connectivity index is 1.93. The number of hydrogen-bond acceptors (Lipinski definition) is 4. The summed E-state index contributed by atoms with van der Waals surface area (Å²) in [7, 11) is 0. The van der Waals surface area contributed by atoms with E-state index in [1.54, 1.807) is 11.5 Å². The lowest BCUT2D eigenvalue weighted by atomic mass is 10.1. The highest BCUT2D eigenvalue weighted by Crippen LogP contribution is 2.08. The smallest absolute Gasteiger partial charge is 0.257 e. The lowest BCUT2D eigenvalue weighted by Crippen LogP contribution is -2.35. The summed E-state index contributed by atoms with van der Waals surface area (Å²) in [6.07, 6.45) is 3.00. The minimum Gasteiger partial charge on any atom is -0.352 e. The molecule has 0 saturated heterocycles. The first kappa shape index (κ1) is 19.6. The lowest BCUT2D eigenvalue weighted by Gasteiger charge is -2.12. The predicted molar refractivity (Wildman–Crippen MR) is 110 cm³/mol. The first-order valence-electron chi connectivity index (χ1n) is 8.94. The van der Waals surface area contributed by atoms with Crippen LogP contribution in [0.15, 0.2) is 64.3 Å². The van der Waals surface area contributed by atoms with Gasteiger partial charge in [-0.15, -0.1) is 0 Å². The van der Waals surface area contributed by atoms with Crippen molar-refractivity contribution in [3.63, 3.8) is 0 Å². The van der Waals surface area contributed by atoms with E-state index >= 15 is 0 Å². The quantitative estimate of drug-likeness (QED) is 0.645. The first-order valence-corrected chi connectivity index (χ1v) is 9.88. The number of carbonyl (C=O) groups excluding carboxylic acids is 2. The Kier molecular flexibility index (Phi) is 6.39. The van der Waals surface area contributed by atoms with Crippen molar-refractivity contribution < 1.29 is 9.59 Å². The molecular formula is C21H21N3O3S. The Labute approximate surface area is 166 Å². The van der Waals surface area contributed by atoms with Gasteiger partial charge in [0.25, 0.3) is 11.8 Å². The van der Waals surface area contributed by atoms with E-state index in [9.17, 15) is 14.4 Å². The van der Waals surface area contributed by atoms with Crippen molar-refractivity contribution in [1.82, 2.24) is 15.2 Å². The maximum Gasteiger partial charge on any atom is 0.257 e. The second kappa shape index (κ2) is 9.14. The van der Waals surface area contributed by atoms with Crippen molar-refractivity contribution in [3.05, 3.63) is 92.0 Å². The van der Waals surface area contributed by atoms with E-state index in [0.29, 0.717) is 19.6 Å². The molecule has 3 aromatic rings. The molecule has 28 heavy (non-hydrogen) atoms. The van der Waals surface area contributed by atoms with E-state index in [1.807, 2.05) is 47.2 Å². The monoisotopic (exact) mass is 395 g/mol. The number of pyridine rings is 1. The fraction of sp³-hybridized carbons (Fsp3) is 0.190. The molecule has 0 unspecified atom stereocenters. The van der Waals surface area contributed by atoms with Crippen LogP contribution in [0.5, 0.6) is 0 Å². The third-order valence-corrected chi connectivity index (χ3v) is 4.88. The summed E-state index contributed by atoms with van der Waals surface area (Å²) in [6.45, 7) is 2.94. The van der Waals surface area contributed by atoms with Gasteiger partial charge in [-0.1, -0.05) is 30.3 Å². The van der Waals surface area contributed by atoms with E-state index in [-0.39, 0.29) is 11.1 Å². The van der Waals surface area contributed by atoms with Gasteiger partial charge in [-0.25, -0.2) is 0 Å². The van der Waals surface area contributed by atoms with Crippen molar-refractivity contribution in [2.24, 2.45) is 0 Å². The molecule has 0 spiro atoms. The van der Waals surface area contributed by atoms with Gasteiger partial charge in [-0.2, -0.15) is 11.3 Å². The number of rotatable bonds is 7. The summed E-state index contributed by atoms with van der Waals surface area (Å²) in [6, 6.07) is 11.5. The van der Waals surface area contributed by atoms with Crippen LogP contribution in [0.1, 0.15) is 38.8 Å². The number of carbonyl (C=O) groups is 2. The van der Waals surface area contributed by atoms with Gasteiger partial charge in [0.15, 0.2) is 0 Å². The number of amides is 2. The molecule has 0 aliphatic carbocycles. The van der Waals surface area contributed by atoms with Crippen LogP contribution in [0.2, 0.25) is 0 Å². The summed E-state index contributed by atoms with van der Waals surface area (Å²) < 4.78 is 1.70. The van der Waals surface area contributed by atoms with Crippen molar-refractivity contribution in [1.29, 1.82) is 0 Å². The molecule has 2 heterocycles. The van der Waals surface area contributed by atoms with Crippen LogP contribution < -0.4 is 16.1 Å². The minimum absolute atomic E-state index is 0.0408. The largest absolute Gasteiger partial charge is 0.352 e. The van der Waals surface area contributed by atoms with Gasteiger partial charge in [0.05, 0.1) is 0 Å². The lowest BCUT2D eigenvalue weighted by molar-refractivity contribution is 0.0948. The molecule has 0 atom stereocenters. The van der Waals surface area contributed by atoms with E-state index in [0.717, 1.165) is 11.1 Å². The van der Waals surface area contributed by atoms with Crippen LogP contribution in [-0.2, 0) is 13.1 Å². The van der Waals surface area contributed by atoms with E-state index in [4.69, 9.17) is 0 Å². The Morgan fingerprint density at radius 1 is 0.964 bits per heavy atom. The Morgan fingerprint density at radius 2 is 1.64 bits per heavy atom. The zero-order valence-electron chi connectivity index (χ0n) is 15.5. The van der Waals surface area contributed by atoms with Crippen molar-refractivity contribution >= 4 is 23.2 Å². The predicted octanol–water partition coefficient (Wildman–Crippen LogP) is 2.64. The van der Waals surface area contributed by atoms with Crippen LogP contribution >= 0.6 is 11.3 Å². The molecule has 2 N–H and O–H groups in total. The summed E-state index contributed by atoms with van der Waals surface area (Å²) in [5.74, 6) is -0.981. The molecule has 2 amide bonds. The zero-order chi connectivity index (χ0) is 19.9. The Hall–Kier alpha value is -3.19. The summed E-state index contributed by atoms with van der Waals surface area (Å²) >= 11 is 1.54. The van der Waals surface area contributed by atoms with Gasteiger partial charge in [0, 0.05) is 32.0 Å². The molecule has 0 saturated carbocycles. The van der Waals surface area contributed by atoms with Crippen LogP contribution in [-0.4, -0.2) is 22.9 Å². The van der Waals surface area contributed by atoms with E-state index in [2.05, 4.69) is 10.6 Å². The summed E-state index contributed by atoms with van der Waals surface area (Å²) in [5.41, 5.74) is 1.30. The molecule has 0 radical (unpaired) electrons. The first-order chi connectivity index (χ1) is 13.6. The third kappa shape index (κ3) is 4.75. The van der Waals surface area contributed by atoms with Gasteiger partial charge in [0.1, 0.15) is 11.1 Å². The zero-order valence-corrected chi connectivity index (χ0v) is 16.3. The topological polar surface area (TPSA) is 80.2 Å². The van der Waals surface area contributed by atoms with Crippen molar-refractivity contribution in [3.8, 4) is 0 Å². The molecule has 1 aromatic carbocycles. The highest BCUT2D eigenvalue weighted by Gasteiger charge is 2.19. The van der Waals surface area contributed by atoms with E-state index < -0.39 is 17.2 Å². The van der Waals surface area contributed by atoms with Crippen LogP contribution in [0.25, 0.3) is 0 Å². The maximum absolute atomic E-state index is 12.8. The van der Waals surface area contributed by atoms with Gasteiger partial charge in [-0.05, 0) is 34.9 Å². The van der Waals surface area contributed by atoms with Gasteiger partial charge < -0.3 is 15.2 Å². The molecule has 6 nitrogen and oxygen atoms in total. The molecule has 0 bridgehead atoms. The van der Waals surface area contributed by atoms with Gasteiger partial charge >= 0.3 is 0 Å². The average Bonchev–Trinajstić information content (AvgIpc) is 3.22. The molecule has 144 valence electrons. The number of nitrogens with zero attached hydrogens (tertiary/aromatic N) is 1. The van der Waals surface area contributed by atoms with E-state index in [1.165, 1.54) is 23.7 Å². The number of hydrogen-bond donors (Lipinski definition) is 2. The molecule has 0 fully saturated rings. The molecule has 0 aliphatic rings. The highest BCUT2D eigenvalue weighted by atomic mass is 32.1. The average molecular weight is 395 g/mol. The Bertz CT molecular complexity index is 1010. The number of thiophene rings is 1. The van der Waals surface area contributed by atoms with Crippen molar-refractivity contribution in [2.75, 3.05) is 6.54 Å². The normalized spacial score (nSPS) is 10.5. The molecule has 3 rings (SSSR count). The minimum atomic E-state index is -0.571. The fourth-order valence-corrected chi connectivity index (χ4v) is 3.44. The fourth-order valence-electron chi connectivity index (χ4n) is 2.77. The number of benzene rings is 1. The van der Waals surface area contributed by atoms with Crippen LogP contribution in [0.3, 0.4) is 0 Å². The molecule has 0 aliphatic heterocycles. The molecule has 7 heteroatoms. The standard InChI is InChI=1S/C21H21N3O3S/c1-2-22-20(26)17-12-24(11-15-6-4-3-5-7-15)13-18(19(17)25)21(27)23-10-16-8-9-28-14-16/h3-9,12-14H,2,10-11H2,1H3,(H,22,26)(H,23,27). The third-order valence-electron chi connectivity index (χ3n) is 4.15. The van der Waals surface area contributed by atoms with Gasteiger partial charge in [-0.3, -0.25) is 14.4 Å². The SMILES string of the molecule is CCNC(=O)c1cn(Cc2ccccc2)cc(C(=O)NCc2ccsc2)c1=O. The van der Waals surface area contributed by atoms with Crippen LogP contribution in [0.4, 0.5) is 0 Å². The molecular weight excluding hydrogens is 374 g/mol. The Morgan fingerprint density at radius 3 is 2.25 bits per heavy atom. The van der Waals surface area contributed by atoms with Crippen LogP contribution in [0, 0.1) is 0 Å².